The van der Waals surface area contributed by atoms with E-state index in [2.05, 4.69) is 5.32 Å². The van der Waals surface area contributed by atoms with Gasteiger partial charge in [0.15, 0.2) is 0 Å². The molecular weight excluding hydrogens is 267 g/mol. The summed E-state index contributed by atoms with van der Waals surface area (Å²) in [5.41, 5.74) is -0.570. The van der Waals surface area contributed by atoms with Crippen molar-refractivity contribution in [2.24, 2.45) is 5.92 Å². The second-order valence-electron chi connectivity index (χ2n) is 5.51. The monoisotopic (exact) mass is 287 g/mol. The Labute approximate surface area is 117 Å². The van der Waals surface area contributed by atoms with E-state index in [1.807, 2.05) is 6.92 Å². The lowest BCUT2D eigenvalue weighted by Gasteiger charge is -2.41. The Hall–Kier alpha value is -1.07. The highest BCUT2D eigenvalue weighted by molar-refractivity contribution is 5.37. The van der Waals surface area contributed by atoms with Gasteiger partial charge in [0.05, 0.1) is 11.2 Å². The molecule has 0 radical (unpaired) electrons. The summed E-state index contributed by atoms with van der Waals surface area (Å²) in [6.45, 7) is 4.99. The molecule has 2 atom stereocenters. The quantitative estimate of drug-likeness (QED) is 0.875. The molecular formula is C15H20F3NO. The van der Waals surface area contributed by atoms with Crippen LogP contribution in [0.25, 0.3) is 0 Å². The van der Waals surface area contributed by atoms with Gasteiger partial charge in [-0.15, -0.1) is 0 Å². The number of piperidine rings is 1. The van der Waals surface area contributed by atoms with Crippen molar-refractivity contribution >= 4 is 0 Å². The van der Waals surface area contributed by atoms with Crippen LogP contribution in [0.2, 0.25) is 0 Å². The van der Waals surface area contributed by atoms with Gasteiger partial charge < -0.3 is 10.4 Å². The number of rotatable bonds is 2. The number of aryl methyl sites for hydroxylation is 1. The van der Waals surface area contributed by atoms with E-state index >= 15 is 0 Å². The van der Waals surface area contributed by atoms with Gasteiger partial charge in [0.2, 0.25) is 0 Å². The standard InChI is InChI=1S/C15H20F3NO/c1-3-11-9-19-7-6-14(11,20)13-5-4-12(8-10(13)2)15(16,17)18/h4-5,8,11,19-20H,3,6-7,9H2,1-2H3. The zero-order valence-corrected chi connectivity index (χ0v) is 11.7. The molecule has 2 N–H and O–H groups in total. The molecule has 1 aliphatic heterocycles. The molecule has 0 aliphatic carbocycles. The van der Waals surface area contributed by atoms with Crippen molar-refractivity contribution in [2.75, 3.05) is 13.1 Å². The van der Waals surface area contributed by atoms with Crippen molar-refractivity contribution in [3.05, 3.63) is 34.9 Å². The van der Waals surface area contributed by atoms with Crippen LogP contribution in [0.5, 0.6) is 0 Å². The maximum Gasteiger partial charge on any atom is 0.416 e. The molecule has 0 amide bonds. The van der Waals surface area contributed by atoms with Gasteiger partial charge in [-0.1, -0.05) is 13.0 Å². The summed E-state index contributed by atoms with van der Waals surface area (Å²) in [4.78, 5) is 0. The number of nitrogens with one attached hydrogen (secondary N) is 1. The Kier molecular flexibility index (Phi) is 4.12. The predicted octanol–water partition coefficient (Wildman–Crippen LogP) is 3.22. The molecule has 2 rings (SSSR count). The predicted molar refractivity (Wildman–Crippen MR) is 71.3 cm³/mol. The average Bonchev–Trinajstić information content (AvgIpc) is 2.37. The van der Waals surface area contributed by atoms with Crippen molar-refractivity contribution in [1.29, 1.82) is 0 Å². The second kappa shape index (κ2) is 5.37. The summed E-state index contributed by atoms with van der Waals surface area (Å²) < 4.78 is 38.1. The normalized spacial score (nSPS) is 27.6. The third-order valence-electron chi connectivity index (χ3n) is 4.26. The Balaban J connectivity index is 2.41. The van der Waals surface area contributed by atoms with E-state index in [0.717, 1.165) is 18.6 Å². The van der Waals surface area contributed by atoms with Gasteiger partial charge in [-0.25, -0.2) is 0 Å². The first-order valence-electron chi connectivity index (χ1n) is 6.90. The fourth-order valence-electron chi connectivity index (χ4n) is 3.09. The number of benzene rings is 1. The van der Waals surface area contributed by atoms with Crippen LogP contribution in [-0.4, -0.2) is 18.2 Å². The summed E-state index contributed by atoms with van der Waals surface area (Å²) in [5.74, 6) is 0.0201. The third-order valence-corrected chi connectivity index (χ3v) is 4.26. The minimum absolute atomic E-state index is 0.0201. The van der Waals surface area contributed by atoms with Gasteiger partial charge in [-0.2, -0.15) is 13.2 Å². The van der Waals surface area contributed by atoms with Crippen LogP contribution in [0, 0.1) is 12.8 Å². The Bertz CT molecular complexity index is 486. The van der Waals surface area contributed by atoms with Crippen molar-refractivity contribution in [3.8, 4) is 0 Å². The first-order chi connectivity index (χ1) is 9.29. The fourth-order valence-corrected chi connectivity index (χ4v) is 3.09. The van der Waals surface area contributed by atoms with Gasteiger partial charge in [0.1, 0.15) is 0 Å². The van der Waals surface area contributed by atoms with Crippen LogP contribution >= 0.6 is 0 Å². The lowest BCUT2D eigenvalue weighted by atomic mass is 9.74. The number of halogens is 3. The lowest BCUT2D eigenvalue weighted by molar-refractivity contribution is -0.137. The summed E-state index contributed by atoms with van der Waals surface area (Å²) in [6, 6.07) is 3.63. The van der Waals surface area contributed by atoms with E-state index in [-0.39, 0.29) is 5.92 Å². The Morgan fingerprint density at radius 2 is 2.10 bits per heavy atom. The molecule has 0 saturated carbocycles. The molecule has 20 heavy (non-hydrogen) atoms. The zero-order chi connectivity index (χ0) is 15.0. The molecule has 112 valence electrons. The highest BCUT2D eigenvalue weighted by Gasteiger charge is 2.41. The van der Waals surface area contributed by atoms with Crippen molar-refractivity contribution < 1.29 is 18.3 Å². The van der Waals surface area contributed by atoms with Gasteiger partial charge in [0.25, 0.3) is 0 Å². The summed E-state index contributed by atoms with van der Waals surface area (Å²) in [7, 11) is 0. The molecule has 5 heteroatoms. The second-order valence-corrected chi connectivity index (χ2v) is 5.51. The SMILES string of the molecule is CCC1CNCCC1(O)c1ccc(C(F)(F)F)cc1C. The summed E-state index contributed by atoms with van der Waals surface area (Å²) >= 11 is 0. The molecule has 1 aliphatic rings. The molecule has 2 unspecified atom stereocenters. The minimum atomic E-state index is -4.34. The topological polar surface area (TPSA) is 32.3 Å². The number of aliphatic hydroxyl groups is 1. The van der Waals surface area contributed by atoms with Crippen molar-refractivity contribution in [3.63, 3.8) is 0 Å². The van der Waals surface area contributed by atoms with Gasteiger partial charge in [-0.05, 0) is 49.6 Å². The van der Waals surface area contributed by atoms with Crippen LogP contribution in [-0.2, 0) is 11.8 Å². The molecule has 1 aromatic rings. The lowest BCUT2D eigenvalue weighted by Crippen LogP contribution is -2.48. The molecule has 0 aromatic heterocycles. The third kappa shape index (κ3) is 2.69. The summed E-state index contributed by atoms with van der Waals surface area (Å²) in [5, 5.41) is 14.2. The molecule has 1 heterocycles. The molecule has 1 saturated heterocycles. The van der Waals surface area contributed by atoms with Crippen molar-refractivity contribution in [1.82, 2.24) is 5.32 Å². The van der Waals surface area contributed by atoms with E-state index in [1.165, 1.54) is 6.07 Å². The Morgan fingerprint density at radius 1 is 1.40 bits per heavy atom. The van der Waals surface area contributed by atoms with Gasteiger partial charge in [-0.3, -0.25) is 0 Å². The van der Waals surface area contributed by atoms with E-state index in [0.29, 0.717) is 30.6 Å². The van der Waals surface area contributed by atoms with Crippen molar-refractivity contribution in [2.45, 2.75) is 38.5 Å². The molecule has 0 bridgehead atoms. The van der Waals surface area contributed by atoms with E-state index in [9.17, 15) is 18.3 Å². The highest BCUT2D eigenvalue weighted by atomic mass is 19.4. The van der Waals surface area contributed by atoms with Gasteiger partial charge in [0, 0.05) is 12.5 Å². The number of alkyl halides is 3. The number of hydrogen-bond acceptors (Lipinski definition) is 2. The molecule has 1 fully saturated rings. The highest BCUT2D eigenvalue weighted by Crippen LogP contribution is 2.40. The maximum absolute atomic E-state index is 12.7. The molecule has 1 aromatic carbocycles. The largest absolute Gasteiger partial charge is 0.416 e. The van der Waals surface area contributed by atoms with Crippen LogP contribution in [0.15, 0.2) is 18.2 Å². The van der Waals surface area contributed by atoms with Gasteiger partial charge >= 0.3 is 6.18 Å². The molecule has 0 spiro atoms. The zero-order valence-electron chi connectivity index (χ0n) is 11.7. The molecule has 2 nitrogen and oxygen atoms in total. The van der Waals surface area contributed by atoms with Crippen LogP contribution in [0.3, 0.4) is 0 Å². The minimum Gasteiger partial charge on any atom is -0.385 e. The fraction of sp³-hybridized carbons (Fsp3) is 0.600. The maximum atomic E-state index is 12.7. The van der Waals surface area contributed by atoms with Crippen LogP contribution in [0.4, 0.5) is 13.2 Å². The smallest absolute Gasteiger partial charge is 0.385 e. The first-order valence-corrected chi connectivity index (χ1v) is 6.90. The van der Waals surface area contributed by atoms with E-state index in [1.54, 1.807) is 6.92 Å². The van der Waals surface area contributed by atoms with Crippen LogP contribution < -0.4 is 5.32 Å². The number of hydrogen-bond donors (Lipinski definition) is 2. The van der Waals surface area contributed by atoms with E-state index < -0.39 is 17.3 Å². The van der Waals surface area contributed by atoms with E-state index in [4.69, 9.17) is 0 Å². The first kappa shape index (κ1) is 15.3. The van der Waals surface area contributed by atoms with Crippen LogP contribution in [0.1, 0.15) is 36.5 Å². The Morgan fingerprint density at radius 3 is 2.65 bits per heavy atom. The summed E-state index contributed by atoms with van der Waals surface area (Å²) in [6.07, 6.45) is -3.04. The average molecular weight is 287 g/mol.